The van der Waals surface area contributed by atoms with Gasteiger partial charge in [0.15, 0.2) is 5.58 Å². The molecule has 0 radical (unpaired) electrons. The second kappa shape index (κ2) is 13.9. The van der Waals surface area contributed by atoms with Crippen LogP contribution in [0.25, 0.3) is 11.1 Å². The Hall–Kier alpha value is -3.82. The van der Waals surface area contributed by atoms with E-state index in [4.69, 9.17) is 13.9 Å². The number of aromatic nitrogens is 1. The van der Waals surface area contributed by atoms with Gasteiger partial charge in [0.05, 0.1) is 38.2 Å². The van der Waals surface area contributed by atoms with Crippen molar-refractivity contribution in [2.45, 2.75) is 67.7 Å². The van der Waals surface area contributed by atoms with Gasteiger partial charge in [0.2, 0.25) is 5.91 Å². The maximum atomic E-state index is 13.8. The van der Waals surface area contributed by atoms with E-state index in [0.717, 1.165) is 54.4 Å². The van der Waals surface area contributed by atoms with Gasteiger partial charge in [-0.25, -0.2) is 0 Å². The molecule has 0 bridgehead atoms. The molecule has 1 N–H and O–H groups in total. The fourth-order valence-electron chi connectivity index (χ4n) is 6.23. The summed E-state index contributed by atoms with van der Waals surface area (Å²) in [4.78, 5) is 33.5. The first-order chi connectivity index (χ1) is 21.4. The van der Waals surface area contributed by atoms with Crippen LogP contribution in [0.1, 0.15) is 43.2 Å². The number of hydrogen-bond acceptors (Lipinski definition) is 8. The number of likely N-dealkylation sites (tertiary alicyclic amines) is 1. The van der Waals surface area contributed by atoms with E-state index < -0.39 is 0 Å². The number of aryl methyl sites for hydroxylation is 1. The molecule has 44 heavy (non-hydrogen) atoms. The number of hydrogen-bond donors (Lipinski definition) is 1. The SMILES string of the molecule is COC(=O)[C@H]1CC[C@H](OC[C@@H]2C[C@H](Sc3ccccc3)CN2C(=O)Cc2ccc3nc(Nc4ccccc4C)oc3c2)CC1. The summed E-state index contributed by atoms with van der Waals surface area (Å²) in [5.74, 6) is -0.0764. The van der Waals surface area contributed by atoms with Crippen LogP contribution in [0, 0.1) is 12.8 Å². The van der Waals surface area contributed by atoms with E-state index in [9.17, 15) is 9.59 Å². The summed E-state index contributed by atoms with van der Waals surface area (Å²) >= 11 is 1.83. The Morgan fingerprint density at radius 3 is 2.57 bits per heavy atom. The van der Waals surface area contributed by atoms with Crippen molar-refractivity contribution in [3.63, 3.8) is 0 Å². The number of para-hydroxylation sites is 1. The van der Waals surface area contributed by atoms with Crippen molar-refractivity contribution in [1.82, 2.24) is 9.88 Å². The molecule has 1 aromatic heterocycles. The number of ether oxygens (including phenoxy) is 2. The van der Waals surface area contributed by atoms with E-state index in [0.29, 0.717) is 24.7 Å². The fraction of sp³-hybridized carbons (Fsp3) is 0.400. The summed E-state index contributed by atoms with van der Waals surface area (Å²) in [6, 6.07) is 24.6. The number of thioether (sulfide) groups is 1. The minimum absolute atomic E-state index is 0.000896. The van der Waals surface area contributed by atoms with E-state index >= 15 is 0 Å². The summed E-state index contributed by atoms with van der Waals surface area (Å²) in [6.07, 6.45) is 4.48. The average Bonchev–Trinajstić information content (AvgIpc) is 3.64. The quantitative estimate of drug-likeness (QED) is 0.193. The number of benzene rings is 3. The molecule has 2 aliphatic rings. The molecule has 3 aromatic carbocycles. The van der Waals surface area contributed by atoms with Crippen LogP contribution in [0.2, 0.25) is 0 Å². The van der Waals surface area contributed by atoms with Crippen molar-refractivity contribution < 1.29 is 23.5 Å². The van der Waals surface area contributed by atoms with Crippen molar-refractivity contribution in [2.24, 2.45) is 5.92 Å². The van der Waals surface area contributed by atoms with Crippen LogP contribution in [0.3, 0.4) is 0 Å². The van der Waals surface area contributed by atoms with Gasteiger partial charge in [-0.05, 0) is 80.5 Å². The normalized spacial score (nSPS) is 21.8. The molecule has 4 aromatic rings. The first-order valence-electron chi connectivity index (χ1n) is 15.4. The van der Waals surface area contributed by atoms with E-state index in [2.05, 4.69) is 22.4 Å². The summed E-state index contributed by atoms with van der Waals surface area (Å²) in [5, 5.41) is 3.55. The Morgan fingerprint density at radius 2 is 1.80 bits per heavy atom. The highest BCUT2D eigenvalue weighted by Crippen LogP contribution is 2.35. The number of nitrogens with one attached hydrogen (secondary N) is 1. The molecule has 1 aliphatic heterocycles. The van der Waals surface area contributed by atoms with Crippen molar-refractivity contribution in [3.8, 4) is 0 Å². The Labute approximate surface area is 262 Å². The number of oxazole rings is 1. The highest BCUT2D eigenvalue weighted by molar-refractivity contribution is 8.00. The van der Waals surface area contributed by atoms with E-state index in [1.54, 1.807) is 0 Å². The van der Waals surface area contributed by atoms with Crippen LogP contribution in [-0.2, 0) is 25.5 Å². The molecule has 6 rings (SSSR count). The third-order valence-electron chi connectivity index (χ3n) is 8.67. The van der Waals surface area contributed by atoms with Crippen LogP contribution in [0.4, 0.5) is 11.7 Å². The van der Waals surface area contributed by atoms with Gasteiger partial charge in [-0.3, -0.25) is 9.59 Å². The van der Waals surface area contributed by atoms with Gasteiger partial charge in [-0.1, -0.05) is 42.5 Å². The number of carbonyl (C=O) groups is 2. The number of carbonyl (C=O) groups excluding carboxylic acids is 2. The molecule has 1 aliphatic carbocycles. The third kappa shape index (κ3) is 7.27. The lowest BCUT2D eigenvalue weighted by molar-refractivity contribution is -0.148. The summed E-state index contributed by atoms with van der Waals surface area (Å²) in [7, 11) is 1.45. The van der Waals surface area contributed by atoms with Gasteiger partial charge in [0.1, 0.15) is 5.52 Å². The standard InChI is InChI=1S/C35H39N3O5S/c1-23-8-6-7-11-30(23)36-35-37-31-17-12-24(18-32(31)43-35)19-33(39)38-21-29(44-28-9-4-3-5-10-28)20-26(38)22-42-27-15-13-25(14-16-27)34(40)41-2/h3-12,17-18,25-27,29H,13-16,19-22H2,1-2H3,(H,36,37)/t25-,26-,27-,29-/m0/s1. The maximum Gasteiger partial charge on any atom is 0.308 e. The van der Waals surface area contributed by atoms with Crippen LogP contribution in [0.5, 0.6) is 0 Å². The Balaban J connectivity index is 1.11. The zero-order valence-corrected chi connectivity index (χ0v) is 26.1. The van der Waals surface area contributed by atoms with Crippen LogP contribution < -0.4 is 5.32 Å². The second-order valence-corrected chi connectivity index (χ2v) is 13.1. The van der Waals surface area contributed by atoms with Crippen molar-refractivity contribution in [2.75, 3.05) is 25.6 Å². The van der Waals surface area contributed by atoms with Gasteiger partial charge >= 0.3 is 5.97 Å². The topological polar surface area (TPSA) is 93.9 Å². The monoisotopic (exact) mass is 613 g/mol. The summed E-state index contributed by atoms with van der Waals surface area (Å²) < 4.78 is 17.3. The molecule has 0 spiro atoms. The van der Waals surface area contributed by atoms with Gasteiger partial charge in [-0.2, -0.15) is 4.98 Å². The summed E-state index contributed by atoms with van der Waals surface area (Å²) in [5.41, 5.74) is 4.32. The lowest BCUT2D eigenvalue weighted by atomic mass is 9.87. The smallest absolute Gasteiger partial charge is 0.308 e. The number of rotatable bonds is 10. The molecule has 9 heteroatoms. The number of methoxy groups -OCH3 is 1. The average molecular weight is 614 g/mol. The highest BCUT2D eigenvalue weighted by Gasteiger charge is 2.37. The lowest BCUT2D eigenvalue weighted by Gasteiger charge is -2.30. The van der Waals surface area contributed by atoms with Crippen molar-refractivity contribution in [1.29, 1.82) is 0 Å². The molecule has 2 heterocycles. The molecular formula is C35H39N3O5S. The highest BCUT2D eigenvalue weighted by atomic mass is 32.2. The first-order valence-corrected chi connectivity index (χ1v) is 16.3. The molecule has 8 nitrogen and oxygen atoms in total. The van der Waals surface area contributed by atoms with Gasteiger partial charge < -0.3 is 24.1 Å². The van der Waals surface area contributed by atoms with E-state index in [1.807, 2.05) is 84.2 Å². The summed E-state index contributed by atoms with van der Waals surface area (Å²) in [6.45, 7) is 3.21. The molecule has 230 valence electrons. The van der Waals surface area contributed by atoms with Crippen LogP contribution in [0.15, 0.2) is 82.1 Å². The van der Waals surface area contributed by atoms with Crippen LogP contribution in [-0.4, -0.2) is 59.4 Å². The molecule has 2 atom stereocenters. The molecule has 1 saturated heterocycles. The second-order valence-electron chi connectivity index (χ2n) is 11.8. The largest absolute Gasteiger partial charge is 0.469 e. The first kappa shape index (κ1) is 30.2. The molecule has 0 unspecified atom stereocenters. The minimum Gasteiger partial charge on any atom is -0.469 e. The Kier molecular flexibility index (Phi) is 9.52. The number of amides is 1. The van der Waals surface area contributed by atoms with Gasteiger partial charge in [-0.15, -0.1) is 11.8 Å². The van der Waals surface area contributed by atoms with Crippen molar-refractivity contribution >= 4 is 46.4 Å². The molecule has 2 fully saturated rings. The Bertz CT molecular complexity index is 1580. The zero-order valence-electron chi connectivity index (χ0n) is 25.2. The molecule has 1 amide bonds. The predicted molar refractivity (Wildman–Crippen MR) is 172 cm³/mol. The number of fused-ring (bicyclic) bond motifs is 1. The number of esters is 1. The third-order valence-corrected chi connectivity index (χ3v) is 9.89. The van der Waals surface area contributed by atoms with E-state index in [1.165, 1.54) is 12.0 Å². The van der Waals surface area contributed by atoms with Crippen LogP contribution >= 0.6 is 11.8 Å². The fourth-order valence-corrected chi connectivity index (χ4v) is 7.48. The van der Waals surface area contributed by atoms with Gasteiger partial charge in [0, 0.05) is 22.4 Å². The van der Waals surface area contributed by atoms with Crippen molar-refractivity contribution in [3.05, 3.63) is 83.9 Å². The molecular weight excluding hydrogens is 574 g/mol. The minimum atomic E-state index is -0.126. The van der Waals surface area contributed by atoms with E-state index in [-0.39, 0.29) is 41.6 Å². The number of anilines is 2. The van der Waals surface area contributed by atoms with Gasteiger partial charge in [0.25, 0.3) is 6.01 Å². The molecule has 1 saturated carbocycles. The Morgan fingerprint density at radius 1 is 1.02 bits per heavy atom. The maximum absolute atomic E-state index is 13.8. The zero-order chi connectivity index (χ0) is 30.5. The number of nitrogens with zero attached hydrogens (tertiary/aromatic N) is 2. The predicted octanol–water partition coefficient (Wildman–Crippen LogP) is 6.93. The lowest BCUT2D eigenvalue weighted by Crippen LogP contribution is -2.40.